The summed E-state index contributed by atoms with van der Waals surface area (Å²) >= 11 is 5.83. The molecule has 2 rings (SSSR count). The predicted octanol–water partition coefficient (Wildman–Crippen LogP) is 3.20. The van der Waals surface area contributed by atoms with Crippen LogP contribution in [0.15, 0.2) is 24.9 Å². The molecule has 19 heavy (non-hydrogen) atoms. The van der Waals surface area contributed by atoms with Crippen molar-refractivity contribution in [2.75, 3.05) is 6.61 Å². The number of fused-ring (bicyclic) bond motifs is 1. The molecule has 6 nitrogen and oxygen atoms in total. The van der Waals surface area contributed by atoms with Gasteiger partial charge in [-0.05, 0) is 19.1 Å². The first-order valence-electron chi connectivity index (χ1n) is 5.46. The van der Waals surface area contributed by atoms with Crippen molar-refractivity contribution in [1.29, 1.82) is 0 Å². The van der Waals surface area contributed by atoms with Crippen molar-refractivity contribution < 1.29 is 9.66 Å². The average molecular weight is 280 g/mol. The number of aromatic nitrogens is 2. The zero-order valence-corrected chi connectivity index (χ0v) is 10.8. The van der Waals surface area contributed by atoms with Gasteiger partial charge < -0.3 is 4.74 Å². The van der Waals surface area contributed by atoms with Crippen molar-refractivity contribution >= 4 is 34.1 Å². The summed E-state index contributed by atoms with van der Waals surface area (Å²) in [5, 5.41) is 11.3. The van der Waals surface area contributed by atoms with E-state index in [0.717, 1.165) is 6.20 Å². The van der Waals surface area contributed by atoms with Gasteiger partial charge in [-0.1, -0.05) is 18.2 Å². The highest BCUT2D eigenvalue weighted by Gasteiger charge is 2.22. The second-order valence-electron chi connectivity index (χ2n) is 3.63. The topological polar surface area (TPSA) is 78.2 Å². The van der Waals surface area contributed by atoms with Gasteiger partial charge in [-0.3, -0.25) is 10.1 Å². The van der Waals surface area contributed by atoms with Crippen LogP contribution in [0.2, 0.25) is 5.15 Å². The quantitative estimate of drug-likeness (QED) is 0.372. The number of pyridine rings is 2. The van der Waals surface area contributed by atoms with Crippen molar-refractivity contribution in [3.05, 3.63) is 45.7 Å². The van der Waals surface area contributed by atoms with Crippen molar-refractivity contribution in [2.45, 2.75) is 6.92 Å². The maximum atomic E-state index is 11.1. The van der Waals surface area contributed by atoms with Gasteiger partial charge in [0.2, 0.25) is 0 Å². The van der Waals surface area contributed by atoms with Gasteiger partial charge in [-0.25, -0.2) is 9.97 Å². The molecule has 0 radical (unpaired) electrons. The fourth-order valence-corrected chi connectivity index (χ4v) is 1.84. The Bertz CT molecular complexity index is 673. The van der Waals surface area contributed by atoms with E-state index in [1.807, 2.05) is 0 Å². The maximum absolute atomic E-state index is 11.1. The Morgan fingerprint density at radius 3 is 2.95 bits per heavy atom. The molecular weight excluding hydrogens is 270 g/mol. The Kier molecular flexibility index (Phi) is 3.62. The molecule has 0 N–H and O–H groups in total. The first-order chi connectivity index (χ1) is 9.04. The zero-order chi connectivity index (χ0) is 14.0. The van der Waals surface area contributed by atoms with Gasteiger partial charge in [0.05, 0.1) is 17.0 Å². The van der Waals surface area contributed by atoms with E-state index in [0.29, 0.717) is 17.6 Å². The third kappa shape index (κ3) is 2.48. The molecule has 7 heteroatoms. The van der Waals surface area contributed by atoms with Gasteiger partial charge >= 0.3 is 5.69 Å². The molecule has 0 spiro atoms. The molecule has 98 valence electrons. The van der Waals surface area contributed by atoms with Crippen LogP contribution in [0, 0.1) is 10.1 Å². The lowest BCUT2D eigenvalue weighted by molar-refractivity contribution is -0.385. The first kappa shape index (κ1) is 13.2. The summed E-state index contributed by atoms with van der Waals surface area (Å²) in [7, 11) is 0. The van der Waals surface area contributed by atoms with Crippen molar-refractivity contribution in [3.8, 4) is 0 Å². The van der Waals surface area contributed by atoms with E-state index < -0.39 is 4.92 Å². The monoisotopic (exact) mass is 279 g/mol. The van der Waals surface area contributed by atoms with Crippen LogP contribution in [0.3, 0.4) is 0 Å². The molecule has 0 bridgehead atoms. The number of nitrogens with zero attached hydrogens (tertiary/aromatic N) is 3. The molecule has 0 atom stereocenters. The zero-order valence-electron chi connectivity index (χ0n) is 10.1. The van der Waals surface area contributed by atoms with E-state index in [1.54, 1.807) is 19.1 Å². The highest BCUT2D eigenvalue weighted by atomic mass is 35.5. The molecule has 0 saturated heterocycles. The molecule has 0 aliphatic heterocycles. The van der Waals surface area contributed by atoms with Crippen molar-refractivity contribution in [1.82, 2.24) is 9.97 Å². The minimum atomic E-state index is -0.547. The SMILES string of the molecule is C=C(OCC)c1c([N+](=O)[O-])cnc2ccc(Cl)nc12. The van der Waals surface area contributed by atoms with E-state index in [1.165, 1.54) is 0 Å². The van der Waals surface area contributed by atoms with Gasteiger partial charge in [0, 0.05) is 0 Å². The first-order valence-corrected chi connectivity index (χ1v) is 5.84. The van der Waals surface area contributed by atoms with Crippen LogP contribution in [0.4, 0.5) is 5.69 Å². The van der Waals surface area contributed by atoms with Crippen LogP contribution in [-0.2, 0) is 4.74 Å². The predicted molar refractivity (Wildman–Crippen MR) is 71.9 cm³/mol. The molecule has 2 heterocycles. The number of nitro groups is 1. The Hall–Kier alpha value is -2.21. The average Bonchev–Trinajstić information content (AvgIpc) is 2.37. The van der Waals surface area contributed by atoms with Gasteiger partial charge in [-0.2, -0.15) is 0 Å². The Labute approximate surface area is 113 Å². The number of halogens is 1. The standard InChI is InChI=1S/C12H10ClN3O3/c1-3-19-7(2)11-9(16(17)18)6-14-8-4-5-10(13)15-12(8)11/h4-6H,2-3H2,1H3. The van der Waals surface area contributed by atoms with Gasteiger partial charge in [0.1, 0.15) is 28.2 Å². The minimum Gasteiger partial charge on any atom is -0.494 e. The van der Waals surface area contributed by atoms with Crippen LogP contribution in [0.5, 0.6) is 0 Å². The lowest BCUT2D eigenvalue weighted by atomic mass is 10.1. The van der Waals surface area contributed by atoms with E-state index >= 15 is 0 Å². The van der Waals surface area contributed by atoms with E-state index in [2.05, 4.69) is 16.5 Å². The molecular formula is C12H10ClN3O3. The summed E-state index contributed by atoms with van der Waals surface area (Å²) in [6.07, 6.45) is 1.16. The fourth-order valence-electron chi connectivity index (χ4n) is 1.69. The molecule has 0 unspecified atom stereocenters. The Balaban J connectivity index is 2.79. The van der Waals surface area contributed by atoms with Gasteiger partial charge in [0.15, 0.2) is 0 Å². The summed E-state index contributed by atoms with van der Waals surface area (Å²) in [6.45, 7) is 5.81. The van der Waals surface area contributed by atoms with Crippen LogP contribution < -0.4 is 0 Å². The summed E-state index contributed by atoms with van der Waals surface area (Å²) in [5.74, 6) is 0.177. The third-order valence-electron chi connectivity index (χ3n) is 2.45. The molecule has 0 aliphatic rings. The molecule has 0 fully saturated rings. The molecule has 0 amide bonds. The highest BCUT2D eigenvalue weighted by molar-refractivity contribution is 6.29. The van der Waals surface area contributed by atoms with Crippen LogP contribution in [0.25, 0.3) is 16.8 Å². The molecule has 0 aliphatic carbocycles. The smallest absolute Gasteiger partial charge is 0.300 e. The van der Waals surface area contributed by atoms with Crippen molar-refractivity contribution in [3.63, 3.8) is 0 Å². The number of ether oxygens (including phenoxy) is 1. The second kappa shape index (κ2) is 5.19. The Morgan fingerprint density at radius 2 is 2.32 bits per heavy atom. The molecule has 0 aromatic carbocycles. The van der Waals surface area contributed by atoms with Crippen LogP contribution in [-0.4, -0.2) is 21.5 Å². The maximum Gasteiger partial charge on any atom is 0.300 e. The largest absolute Gasteiger partial charge is 0.494 e. The molecule has 2 aromatic heterocycles. The number of rotatable bonds is 4. The van der Waals surface area contributed by atoms with E-state index in [9.17, 15) is 10.1 Å². The number of hydrogen-bond donors (Lipinski definition) is 0. The minimum absolute atomic E-state index is 0.177. The van der Waals surface area contributed by atoms with Crippen molar-refractivity contribution in [2.24, 2.45) is 0 Å². The number of hydrogen-bond acceptors (Lipinski definition) is 5. The third-order valence-corrected chi connectivity index (χ3v) is 2.66. The highest BCUT2D eigenvalue weighted by Crippen LogP contribution is 2.31. The summed E-state index contributed by atoms with van der Waals surface area (Å²) in [4.78, 5) is 18.6. The summed E-state index contributed by atoms with van der Waals surface area (Å²) in [6, 6.07) is 3.20. The molecule has 0 saturated carbocycles. The molecule has 2 aromatic rings. The lowest BCUT2D eigenvalue weighted by Crippen LogP contribution is -2.01. The van der Waals surface area contributed by atoms with Crippen LogP contribution >= 0.6 is 11.6 Å². The van der Waals surface area contributed by atoms with Gasteiger partial charge in [-0.15, -0.1) is 0 Å². The van der Waals surface area contributed by atoms with Crippen LogP contribution in [0.1, 0.15) is 12.5 Å². The lowest BCUT2D eigenvalue weighted by Gasteiger charge is -2.09. The summed E-state index contributed by atoms with van der Waals surface area (Å²) < 4.78 is 5.26. The van der Waals surface area contributed by atoms with E-state index in [-0.39, 0.29) is 22.2 Å². The van der Waals surface area contributed by atoms with Gasteiger partial charge in [0.25, 0.3) is 0 Å². The second-order valence-corrected chi connectivity index (χ2v) is 4.02. The summed E-state index contributed by atoms with van der Waals surface area (Å²) in [5.41, 5.74) is 0.797. The van der Waals surface area contributed by atoms with E-state index in [4.69, 9.17) is 16.3 Å². The normalized spacial score (nSPS) is 10.4. The Morgan fingerprint density at radius 1 is 1.58 bits per heavy atom. The fraction of sp³-hybridized carbons (Fsp3) is 0.167.